The van der Waals surface area contributed by atoms with Gasteiger partial charge in [0.05, 0.1) is 5.57 Å². The van der Waals surface area contributed by atoms with Crippen LogP contribution in [0.1, 0.15) is 54.5 Å². The number of aliphatic hydroxyl groups excluding tert-OH is 1. The van der Waals surface area contributed by atoms with Crippen LogP contribution < -0.4 is 10.6 Å². The van der Waals surface area contributed by atoms with Crippen LogP contribution in [0.2, 0.25) is 0 Å². The van der Waals surface area contributed by atoms with E-state index in [1.54, 1.807) is 17.4 Å². The number of ketones is 1. The molecule has 1 heterocycles. The number of nitrogens with one attached hydrogen (secondary N) is 2. The lowest BCUT2D eigenvalue weighted by Gasteiger charge is -2.07. The number of hydrogen-bond donors (Lipinski definition) is 3. The number of rotatable bonds is 13. The molecule has 3 N–H and O–H groups in total. The molecule has 174 valence electrons. The largest absolute Gasteiger partial charge is 0.389 e. The summed E-state index contributed by atoms with van der Waals surface area (Å²) >= 11 is 1.54. The average Bonchev–Trinajstić information content (AvgIpc) is 3.47. The summed E-state index contributed by atoms with van der Waals surface area (Å²) < 4.78 is 0. The van der Waals surface area contributed by atoms with Gasteiger partial charge in [0.2, 0.25) is 5.91 Å². The van der Waals surface area contributed by atoms with Crippen molar-refractivity contribution in [3.63, 3.8) is 0 Å². The highest BCUT2D eigenvalue weighted by Gasteiger charge is 2.25. The van der Waals surface area contributed by atoms with E-state index in [2.05, 4.69) is 10.6 Å². The van der Waals surface area contributed by atoms with Crippen molar-refractivity contribution in [1.82, 2.24) is 10.6 Å². The van der Waals surface area contributed by atoms with E-state index in [9.17, 15) is 14.4 Å². The van der Waals surface area contributed by atoms with Crippen molar-refractivity contribution >= 4 is 46.7 Å². The number of thiophene rings is 1. The van der Waals surface area contributed by atoms with Crippen LogP contribution in [0.3, 0.4) is 0 Å². The molecule has 0 radical (unpaired) electrons. The van der Waals surface area contributed by atoms with E-state index in [4.69, 9.17) is 5.11 Å². The van der Waals surface area contributed by atoms with Crippen LogP contribution in [-0.2, 0) is 14.4 Å². The van der Waals surface area contributed by atoms with Gasteiger partial charge in [-0.15, -0.1) is 11.3 Å². The van der Waals surface area contributed by atoms with Gasteiger partial charge in [0.1, 0.15) is 6.61 Å². The molecule has 0 atom stereocenters. The van der Waals surface area contributed by atoms with Crippen molar-refractivity contribution in [2.45, 2.75) is 44.6 Å². The van der Waals surface area contributed by atoms with Gasteiger partial charge in [0.15, 0.2) is 5.78 Å². The molecule has 0 unspecified atom stereocenters. The highest BCUT2D eigenvalue weighted by molar-refractivity contribution is 7.11. The number of Topliss-reactive ketones (excluding diaryl/α,β-unsaturated/α-hetero) is 1. The van der Waals surface area contributed by atoms with E-state index >= 15 is 0 Å². The molecule has 7 heteroatoms. The molecule has 2 amide bonds. The number of hydrogen-bond acceptors (Lipinski definition) is 5. The third-order valence-corrected chi connectivity index (χ3v) is 6.13. The van der Waals surface area contributed by atoms with Crippen molar-refractivity contribution in [2.75, 3.05) is 13.2 Å². The van der Waals surface area contributed by atoms with Gasteiger partial charge in [-0.3, -0.25) is 14.4 Å². The van der Waals surface area contributed by atoms with E-state index in [1.807, 2.05) is 47.9 Å². The second kappa shape index (κ2) is 12.9. The zero-order chi connectivity index (χ0) is 23.5. The summed E-state index contributed by atoms with van der Waals surface area (Å²) in [6, 6.07) is 11.9. The Balaban J connectivity index is 1.49. The predicted octanol–water partition coefficient (Wildman–Crippen LogP) is 3.82. The highest BCUT2D eigenvalue weighted by atomic mass is 32.1. The normalized spacial score (nSPS) is 13.8. The molecule has 1 aliphatic carbocycles. The molecular weight excluding hydrogens is 436 g/mol. The molecule has 1 fully saturated rings. The van der Waals surface area contributed by atoms with Gasteiger partial charge in [-0.05, 0) is 60.4 Å². The van der Waals surface area contributed by atoms with E-state index in [0.717, 1.165) is 48.1 Å². The van der Waals surface area contributed by atoms with Crippen molar-refractivity contribution in [3.05, 3.63) is 63.9 Å². The fourth-order valence-electron chi connectivity index (χ4n) is 3.19. The van der Waals surface area contributed by atoms with E-state index in [0.29, 0.717) is 24.6 Å². The van der Waals surface area contributed by atoms with Crippen LogP contribution in [0.4, 0.5) is 0 Å². The molecule has 1 saturated carbocycles. The number of aliphatic hydroxyl groups is 1. The van der Waals surface area contributed by atoms with Crippen LogP contribution >= 0.6 is 11.3 Å². The van der Waals surface area contributed by atoms with Crippen molar-refractivity contribution < 1.29 is 19.5 Å². The maximum atomic E-state index is 12.7. The van der Waals surface area contributed by atoms with Crippen LogP contribution in [0, 0.1) is 0 Å². The lowest BCUT2D eigenvalue weighted by atomic mass is 10.1. The second-order valence-corrected chi connectivity index (χ2v) is 9.03. The van der Waals surface area contributed by atoms with Crippen LogP contribution in [0.15, 0.2) is 47.9 Å². The summed E-state index contributed by atoms with van der Waals surface area (Å²) in [4.78, 5) is 36.6. The molecule has 0 saturated heterocycles. The topological polar surface area (TPSA) is 95.5 Å². The lowest BCUT2D eigenvalue weighted by Crippen LogP contribution is -2.26. The zero-order valence-corrected chi connectivity index (χ0v) is 19.4. The van der Waals surface area contributed by atoms with Crippen molar-refractivity contribution in [1.29, 1.82) is 0 Å². The Morgan fingerprint density at radius 1 is 1.03 bits per heavy atom. The molecule has 33 heavy (non-hydrogen) atoms. The standard InChI is InChI=1S/C26H30N2O4S/c29-18-22(30)5-2-1-3-15-27-25(31)14-11-19-7-9-20(10-8-19)17-23(24-6-4-16-33-24)26(32)28-21-12-13-21/h4,6-11,14,16-17,21,29H,1-3,5,12-13,15,18H2,(H,27,31)(H,28,32)/b14-11+,23-17+. The Hall–Kier alpha value is -3.03. The molecule has 3 rings (SSSR count). The molecule has 0 spiro atoms. The van der Waals surface area contributed by atoms with Crippen LogP contribution in [0.5, 0.6) is 0 Å². The summed E-state index contributed by atoms with van der Waals surface area (Å²) in [5, 5.41) is 16.5. The fraction of sp³-hybridized carbons (Fsp3) is 0.346. The first-order valence-electron chi connectivity index (χ1n) is 11.3. The third-order valence-electron chi connectivity index (χ3n) is 5.23. The van der Waals surface area contributed by atoms with E-state index in [-0.39, 0.29) is 17.6 Å². The van der Waals surface area contributed by atoms with Gasteiger partial charge in [-0.2, -0.15) is 0 Å². The predicted molar refractivity (Wildman–Crippen MR) is 132 cm³/mol. The quantitative estimate of drug-likeness (QED) is 0.309. The summed E-state index contributed by atoms with van der Waals surface area (Å²) in [6.45, 7) is 0.152. The fourth-order valence-corrected chi connectivity index (χ4v) is 3.93. The number of carbonyl (C=O) groups is 3. The Kier molecular flexibility index (Phi) is 9.59. The molecule has 6 nitrogen and oxygen atoms in total. The average molecular weight is 467 g/mol. The number of carbonyl (C=O) groups excluding carboxylic acids is 3. The van der Waals surface area contributed by atoms with Crippen LogP contribution in [0.25, 0.3) is 17.7 Å². The van der Waals surface area contributed by atoms with E-state index < -0.39 is 6.61 Å². The van der Waals surface area contributed by atoms with Crippen LogP contribution in [-0.4, -0.2) is 41.9 Å². The Morgan fingerprint density at radius 2 is 1.79 bits per heavy atom. The molecule has 1 aromatic heterocycles. The molecular formula is C26H30N2O4S. The molecule has 1 aromatic carbocycles. The second-order valence-electron chi connectivity index (χ2n) is 8.08. The van der Waals surface area contributed by atoms with Gasteiger partial charge in [0, 0.05) is 30.0 Å². The van der Waals surface area contributed by atoms with Gasteiger partial charge >= 0.3 is 0 Å². The molecule has 2 aromatic rings. The minimum absolute atomic E-state index is 0.0411. The smallest absolute Gasteiger partial charge is 0.252 e. The minimum Gasteiger partial charge on any atom is -0.389 e. The summed E-state index contributed by atoms with van der Waals surface area (Å²) in [6.07, 6.45) is 9.98. The Labute approximate surface area is 198 Å². The Morgan fingerprint density at radius 3 is 2.45 bits per heavy atom. The van der Waals surface area contributed by atoms with Crippen molar-refractivity contribution in [3.8, 4) is 0 Å². The number of benzene rings is 1. The molecule has 0 bridgehead atoms. The number of unbranched alkanes of at least 4 members (excludes halogenated alkanes) is 2. The summed E-state index contributed by atoms with van der Waals surface area (Å²) in [5.41, 5.74) is 2.48. The monoisotopic (exact) mass is 466 g/mol. The lowest BCUT2D eigenvalue weighted by molar-refractivity contribution is -0.122. The van der Waals surface area contributed by atoms with E-state index in [1.165, 1.54) is 6.08 Å². The maximum Gasteiger partial charge on any atom is 0.252 e. The van der Waals surface area contributed by atoms with Gasteiger partial charge in [-0.1, -0.05) is 36.8 Å². The van der Waals surface area contributed by atoms with Gasteiger partial charge < -0.3 is 15.7 Å². The van der Waals surface area contributed by atoms with Gasteiger partial charge in [-0.25, -0.2) is 0 Å². The summed E-state index contributed by atoms with van der Waals surface area (Å²) in [5.74, 6) is -0.351. The SMILES string of the molecule is O=C(CO)CCCCCNC(=O)/C=C/c1ccc(/C=C(/C(=O)NC2CC2)c2cccs2)cc1. The zero-order valence-electron chi connectivity index (χ0n) is 18.6. The number of amides is 2. The Bertz CT molecular complexity index is 990. The summed E-state index contributed by atoms with van der Waals surface area (Å²) in [7, 11) is 0. The first kappa shape index (κ1) is 24.6. The van der Waals surface area contributed by atoms with Crippen molar-refractivity contribution in [2.24, 2.45) is 0 Å². The highest BCUT2D eigenvalue weighted by Crippen LogP contribution is 2.26. The third kappa shape index (κ3) is 8.79. The first-order valence-corrected chi connectivity index (χ1v) is 12.2. The maximum absolute atomic E-state index is 12.7. The first-order chi connectivity index (χ1) is 16.0. The van der Waals surface area contributed by atoms with Gasteiger partial charge in [0.25, 0.3) is 5.91 Å². The molecule has 1 aliphatic rings. The molecule has 0 aliphatic heterocycles. The minimum atomic E-state index is -0.398.